The maximum absolute atomic E-state index is 14.9. The third-order valence-electron chi connectivity index (χ3n) is 8.87. The lowest BCUT2D eigenvalue weighted by Crippen LogP contribution is -2.55. The van der Waals surface area contributed by atoms with Crippen LogP contribution in [0.2, 0.25) is 0 Å². The summed E-state index contributed by atoms with van der Waals surface area (Å²) in [5.41, 5.74) is 0.0694. The van der Waals surface area contributed by atoms with E-state index in [1.165, 1.54) is 31.0 Å². The Morgan fingerprint density at radius 2 is 1.84 bits per heavy atom. The van der Waals surface area contributed by atoms with Gasteiger partial charge in [-0.25, -0.2) is 4.39 Å². The quantitative estimate of drug-likeness (QED) is 0.318. The maximum Gasteiger partial charge on any atom is 0.416 e. The summed E-state index contributed by atoms with van der Waals surface area (Å²) in [6.45, 7) is 1.20. The van der Waals surface area contributed by atoms with Gasteiger partial charge in [0.05, 0.1) is 29.7 Å². The highest BCUT2D eigenvalue weighted by Gasteiger charge is 2.43. The molecule has 2 fully saturated rings. The van der Waals surface area contributed by atoms with Crippen molar-refractivity contribution < 1.29 is 32.3 Å². The second kappa shape index (κ2) is 12.9. The van der Waals surface area contributed by atoms with Crippen molar-refractivity contribution in [2.24, 2.45) is 11.8 Å². The van der Waals surface area contributed by atoms with Gasteiger partial charge >= 0.3 is 6.18 Å². The van der Waals surface area contributed by atoms with Gasteiger partial charge in [0.1, 0.15) is 5.82 Å². The molecule has 230 valence electrons. The van der Waals surface area contributed by atoms with Gasteiger partial charge in [-0.15, -0.1) is 0 Å². The van der Waals surface area contributed by atoms with Crippen molar-refractivity contribution in [3.63, 3.8) is 0 Å². The third-order valence-corrected chi connectivity index (χ3v) is 8.87. The predicted octanol–water partition coefficient (Wildman–Crippen LogP) is 6.50. The second-order valence-electron chi connectivity index (χ2n) is 11.7. The Hall–Kier alpha value is -3.66. The molecule has 3 aliphatic rings. The van der Waals surface area contributed by atoms with Gasteiger partial charge < -0.3 is 20.6 Å². The minimum absolute atomic E-state index is 0.0399. The number of carbonyl (C=O) groups excluding carboxylic acids is 2. The highest BCUT2D eigenvalue weighted by Crippen LogP contribution is 2.37. The van der Waals surface area contributed by atoms with Crippen LogP contribution in [0.15, 0.2) is 60.3 Å². The lowest BCUT2D eigenvalue weighted by atomic mass is 9.77. The number of hydrogen-bond donors (Lipinski definition) is 3. The number of nitrogens with one attached hydrogen (secondary N) is 2. The average Bonchev–Trinajstić information content (AvgIpc) is 3.49. The third kappa shape index (κ3) is 6.79. The van der Waals surface area contributed by atoms with Crippen molar-refractivity contribution in [1.29, 1.82) is 0 Å². The minimum atomic E-state index is -4.71. The molecule has 2 aromatic rings. The molecule has 1 aliphatic heterocycles. The summed E-state index contributed by atoms with van der Waals surface area (Å²) in [7, 11) is 0. The number of hydrogen-bond acceptors (Lipinski definition) is 4. The van der Waals surface area contributed by atoms with Crippen LogP contribution in [0.25, 0.3) is 0 Å². The van der Waals surface area contributed by atoms with Gasteiger partial charge in [0, 0.05) is 29.9 Å². The molecule has 0 spiro atoms. The average molecular weight is 600 g/mol. The van der Waals surface area contributed by atoms with E-state index in [9.17, 15) is 32.3 Å². The van der Waals surface area contributed by atoms with E-state index >= 15 is 0 Å². The van der Waals surface area contributed by atoms with Crippen LogP contribution < -0.4 is 10.6 Å². The lowest BCUT2D eigenvalue weighted by molar-refractivity contribution is -0.138. The number of alkyl halides is 3. The summed E-state index contributed by atoms with van der Waals surface area (Å²) in [6.07, 6.45) is 7.34. The summed E-state index contributed by atoms with van der Waals surface area (Å²) in [5, 5.41) is 15.6. The van der Waals surface area contributed by atoms with Crippen LogP contribution in [0.5, 0.6) is 0 Å². The predicted molar refractivity (Wildman–Crippen MR) is 155 cm³/mol. The molecule has 2 amide bonds. The van der Waals surface area contributed by atoms with Gasteiger partial charge in [0.25, 0.3) is 5.91 Å². The topological polar surface area (TPSA) is 81.7 Å². The van der Waals surface area contributed by atoms with Gasteiger partial charge in [0.15, 0.2) is 0 Å². The van der Waals surface area contributed by atoms with Gasteiger partial charge in [-0.1, -0.05) is 43.2 Å². The Kier molecular flexibility index (Phi) is 9.25. The number of rotatable bonds is 7. The van der Waals surface area contributed by atoms with Crippen LogP contribution in [-0.2, 0) is 17.6 Å². The van der Waals surface area contributed by atoms with E-state index in [1.54, 1.807) is 17.9 Å². The summed E-state index contributed by atoms with van der Waals surface area (Å²) >= 11 is 0. The standard InChI is InChI=1S/C33H37F4N3O3/c1-20-6-4-10-28(34)29(20)32(43)40-17-5-9-26(30(40)21-11-14-24(15-12-21)38-23-7-2-3-8-23)31(42)39-25-16-13-22(19-41)27(18-25)33(35,36)37/h4,6,10-11,13-16,18,21,23,26,30,38,41H,2-3,5,7-9,12,17,19H2,1H3,(H,39,42)/t21-,26+,30?/m1/s1. The lowest BCUT2D eigenvalue weighted by Gasteiger charge is -2.44. The number of aliphatic hydroxyl groups excluding tert-OH is 1. The summed E-state index contributed by atoms with van der Waals surface area (Å²) in [6, 6.07) is 7.50. The molecule has 43 heavy (non-hydrogen) atoms. The summed E-state index contributed by atoms with van der Waals surface area (Å²) < 4.78 is 55.8. The van der Waals surface area contributed by atoms with Crippen molar-refractivity contribution >= 4 is 17.5 Å². The molecule has 5 rings (SSSR count). The first-order valence-electron chi connectivity index (χ1n) is 14.9. The minimum Gasteiger partial charge on any atom is -0.392 e. The number of anilines is 1. The molecule has 6 nitrogen and oxygen atoms in total. The van der Waals surface area contributed by atoms with Crippen LogP contribution >= 0.6 is 0 Å². The Morgan fingerprint density at radius 1 is 1.07 bits per heavy atom. The zero-order chi connectivity index (χ0) is 30.7. The van der Waals surface area contributed by atoms with E-state index in [0.717, 1.165) is 30.7 Å². The van der Waals surface area contributed by atoms with Crippen molar-refractivity contribution in [3.8, 4) is 0 Å². The highest BCUT2D eigenvalue weighted by atomic mass is 19.4. The van der Waals surface area contributed by atoms with Crippen molar-refractivity contribution in [3.05, 3.63) is 88.4 Å². The fourth-order valence-corrected chi connectivity index (χ4v) is 6.71. The highest BCUT2D eigenvalue weighted by molar-refractivity contribution is 5.98. The van der Waals surface area contributed by atoms with E-state index in [4.69, 9.17) is 0 Å². The number of benzene rings is 2. The Morgan fingerprint density at radius 3 is 2.49 bits per heavy atom. The monoisotopic (exact) mass is 599 g/mol. The van der Waals surface area contributed by atoms with E-state index in [1.807, 2.05) is 12.2 Å². The number of aryl methyl sites for hydroxylation is 1. The molecule has 1 unspecified atom stereocenters. The number of allylic oxidation sites excluding steroid dienone is 2. The number of piperidine rings is 1. The van der Waals surface area contributed by atoms with Crippen LogP contribution in [0, 0.1) is 24.6 Å². The molecule has 0 bridgehead atoms. The van der Waals surface area contributed by atoms with Gasteiger partial charge in [-0.3, -0.25) is 9.59 Å². The first-order chi connectivity index (χ1) is 20.6. The first kappa shape index (κ1) is 30.8. The molecule has 2 aromatic carbocycles. The van der Waals surface area contributed by atoms with E-state index in [0.29, 0.717) is 37.4 Å². The summed E-state index contributed by atoms with van der Waals surface area (Å²) in [4.78, 5) is 29.2. The molecule has 1 saturated heterocycles. The van der Waals surface area contributed by atoms with Crippen LogP contribution in [0.1, 0.15) is 72.0 Å². The fraction of sp³-hybridized carbons (Fsp3) is 0.455. The fourth-order valence-electron chi connectivity index (χ4n) is 6.71. The van der Waals surface area contributed by atoms with Crippen LogP contribution in [-0.4, -0.2) is 40.4 Å². The van der Waals surface area contributed by atoms with Crippen molar-refractivity contribution in [2.75, 3.05) is 11.9 Å². The normalized spacial score (nSPS) is 22.8. The molecular formula is C33H37F4N3O3. The molecule has 1 saturated carbocycles. The SMILES string of the molecule is Cc1cccc(F)c1C(=O)N1CCC[C@H](C(=O)Nc2ccc(CO)c(C(F)(F)F)c2)C1[C@@H]1C=CC(NC2CCCC2)=CC1. The molecule has 0 aromatic heterocycles. The first-order valence-corrected chi connectivity index (χ1v) is 14.9. The van der Waals surface area contributed by atoms with Crippen LogP contribution in [0.3, 0.4) is 0 Å². The Balaban J connectivity index is 1.44. The maximum atomic E-state index is 14.9. The number of halogens is 4. The molecule has 2 aliphatic carbocycles. The van der Waals surface area contributed by atoms with Gasteiger partial charge in [-0.05, 0) is 74.4 Å². The molecule has 3 atom stereocenters. The Bertz CT molecular complexity index is 1390. The zero-order valence-corrected chi connectivity index (χ0v) is 24.1. The van der Waals surface area contributed by atoms with Gasteiger partial charge in [0.2, 0.25) is 5.91 Å². The molecule has 10 heteroatoms. The van der Waals surface area contributed by atoms with E-state index < -0.39 is 47.9 Å². The number of nitrogens with zero attached hydrogens (tertiary/aromatic N) is 1. The van der Waals surface area contributed by atoms with Crippen molar-refractivity contribution in [2.45, 2.75) is 76.7 Å². The Labute approximate surface area is 248 Å². The smallest absolute Gasteiger partial charge is 0.392 e. The molecule has 3 N–H and O–H groups in total. The molecule has 1 heterocycles. The molecule has 0 radical (unpaired) electrons. The number of likely N-dealkylation sites (tertiary alicyclic amines) is 1. The molecular weight excluding hydrogens is 562 g/mol. The van der Waals surface area contributed by atoms with Crippen LogP contribution in [0.4, 0.5) is 23.2 Å². The van der Waals surface area contributed by atoms with E-state index in [-0.39, 0.29) is 22.7 Å². The number of amides is 2. The number of aliphatic hydroxyl groups is 1. The summed E-state index contributed by atoms with van der Waals surface area (Å²) in [5.74, 6) is -2.66. The van der Waals surface area contributed by atoms with Gasteiger partial charge in [-0.2, -0.15) is 13.2 Å². The second-order valence-corrected chi connectivity index (χ2v) is 11.7. The zero-order valence-electron chi connectivity index (χ0n) is 24.1. The van der Waals surface area contributed by atoms with E-state index in [2.05, 4.69) is 16.7 Å². The van der Waals surface area contributed by atoms with Crippen molar-refractivity contribution in [1.82, 2.24) is 10.2 Å². The number of carbonyl (C=O) groups is 2. The largest absolute Gasteiger partial charge is 0.416 e.